The van der Waals surface area contributed by atoms with Crippen molar-refractivity contribution in [3.8, 4) is 22.5 Å². The summed E-state index contributed by atoms with van der Waals surface area (Å²) in [6, 6.07) is 15.2. The minimum Gasteiger partial charge on any atom is -0.354 e. The van der Waals surface area contributed by atoms with Gasteiger partial charge in [0.2, 0.25) is 0 Å². The van der Waals surface area contributed by atoms with Gasteiger partial charge in [-0.3, -0.25) is 9.88 Å². The molecule has 0 aliphatic carbocycles. The Labute approximate surface area is 186 Å². The maximum absolute atomic E-state index is 13.6. The van der Waals surface area contributed by atoms with Crippen molar-refractivity contribution in [2.45, 2.75) is 25.3 Å². The highest BCUT2D eigenvalue weighted by Gasteiger charge is 2.28. The minimum atomic E-state index is -0.259. The first-order chi connectivity index (χ1) is 15.8. The van der Waals surface area contributed by atoms with Crippen molar-refractivity contribution in [1.29, 1.82) is 0 Å². The average Bonchev–Trinajstić information content (AvgIpc) is 3.39. The van der Waals surface area contributed by atoms with Gasteiger partial charge < -0.3 is 4.90 Å². The molecule has 2 aliphatic rings. The van der Waals surface area contributed by atoms with E-state index in [1.165, 1.54) is 37.9 Å². The van der Waals surface area contributed by atoms with Crippen LogP contribution in [0.15, 0.2) is 60.9 Å². The van der Waals surface area contributed by atoms with Gasteiger partial charge in [-0.1, -0.05) is 0 Å². The third-order valence-corrected chi connectivity index (χ3v) is 6.75. The second-order valence-electron chi connectivity index (χ2n) is 8.62. The molecule has 6 nitrogen and oxygen atoms in total. The van der Waals surface area contributed by atoms with Gasteiger partial charge in [-0.25, -0.2) is 13.9 Å². The lowest BCUT2D eigenvalue weighted by Crippen LogP contribution is -2.32. The van der Waals surface area contributed by atoms with E-state index in [-0.39, 0.29) is 5.82 Å². The van der Waals surface area contributed by atoms with Gasteiger partial charge in [-0.2, -0.15) is 0 Å². The largest absolute Gasteiger partial charge is 0.354 e. The van der Waals surface area contributed by atoms with Crippen LogP contribution in [0.2, 0.25) is 0 Å². The summed E-state index contributed by atoms with van der Waals surface area (Å²) in [5.74, 6) is 0.710. The van der Waals surface area contributed by atoms with Crippen LogP contribution in [0.5, 0.6) is 0 Å². The molecule has 6 rings (SSSR count). The predicted octanol–water partition coefficient (Wildman–Crippen LogP) is 4.27. The van der Waals surface area contributed by atoms with E-state index in [2.05, 4.69) is 20.9 Å². The zero-order chi connectivity index (χ0) is 21.5. The van der Waals surface area contributed by atoms with Gasteiger partial charge in [-0.05, 0) is 74.3 Å². The highest BCUT2D eigenvalue weighted by molar-refractivity contribution is 5.81. The molecule has 2 fully saturated rings. The molecule has 0 saturated carbocycles. The van der Waals surface area contributed by atoms with Crippen LogP contribution < -0.4 is 4.90 Å². The molecule has 0 amide bonds. The number of anilines is 1. The molecular weight excluding hydrogens is 403 g/mol. The molecule has 3 aromatic heterocycles. The molecule has 32 heavy (non-hydrogen) atoms. The first kappa shape index (κ1) is 19.4. The van der Waals surface area contributed by atoms with Crippen molar-refractivity contribution in [3.05, 3.63) is 66.7 Å². The fourth-order valence-corrected chi connectivity index (χ4v) is 5.08. The van der Waals surface area contributed by atoms with Crippen LogP contribution in [0.25, 0.3) is 28.2 Å². The van der Waals surface area contributed by atoms with E-state index < -0.39 is 0 Å². The van der Waals surface area contributed by atoms with Gasteiger partial charge in [0.15, 0.2) is 5.65 Å². The summed E-state index contributed by atoms with van der Waals surface area (Å²) >= 11 is 0. The molecule has 7 heteroatoms. The molecule has 0 bridgehead atoms. The fourth-order valence-electron chi connectivity index (χ4n) is 5.08. The Morgan fingerprint density at radius 2 is 1.66 bits per heavy atom. The zero-order valence-electron chi connectivity index (χ0n) is 17.9. The summed E-state index contributed by atoms with van der Waals surface area (Å²) in [5, 5.41) is 5.04. The second-order valence-corrected chi connectivity index (χ2v) is 8.62. The molecular formula is C25H25FN6. The normalized spacial score (nSPS) is 19.3. The molecule has 1 atom stereocenters. The van der Waals surface area contributed by atoms with Crippen molar-refractivity contribution in [1.82, 2.24) is 24.5 Å². The average molecular weight is 429 g/mol. The first-order valence-corrected chi connectivity index (χ1v) is 11.3. The van der Waals surface area contributed by atoms with Crippen molar-refractivity contribution in [2.75, 3.05) is 31.1 Å². The number of pyridine rings is 1. The number of halogens is 1. The van der Waals surface area contributed by atoms with Gasteiger partial charge >= 0.3 is 0 Å². The van der Waals surface area contributed by atoms with Crippen LogP contribution in [-0.4, -0.2) is 56.7 Å². The fraction of sp³-hybridized carbons (Fsp3) is 0.320. The van der Waals surface area contributed by atoms with Crippen molar-refractivity contribution in [3.63, 3.8) is 0 Å². The number of hydrogen-bond donors (Lipinski definition) is 0. The van der Waals surface area contributed by atoms with E-state index >= 15 is 0 Å². The third kappa shape index (κ3) is 3.42. The minimum absolute atomic E-state index is 0.259. The van der Waals surface area contributed by atoms with Gasteiger partial charge in [-0.15, -0.1) is 5.10 Å². The highest BCUT2D eigenvalue weighted by atomic mass is 19.1. The topological polar surface area (TPSA) is 49.6 Å². The van der Waals surface area contributed by atoms with Crippen LogP contribution in [0.1, 0.15) is 19.3 Å². The van der Waals surface area contributed by atoms with E-state index in [9.17, 15) is 4.39 Å². The van der Waals surface area contributed by atoms with Crippen molar-refractivity contribution >= 4 is 11.5 Å². The van der Waals surface area contributed by atoms with Crippen LogP contribution in [0, 0.1) is 5.82 Å². The maximum Gasteiger partial charge on any atom is 0.155 e. The monoisotopic (exact) mass is 428 g/mol. The van der Waals surface area contributed by atoms with Gasteiger partial charge in [0.1, 0.15) is 17.3 Å². The van der Waals surface area contributed by atoms with Gasteiger partial charge in [0.05, 0.1) is 5.69 Å². The predicted molar refractivity (Wildman–Crippen MR) is 123 cm³/mol. The summed E-state index contributed by atoms with van der Waals surface area (Å²) < 4.78 is 15.5. The number of fused-ring (bicyclic) bond motifs is 2. The second kappa shape index (κ2) is 7.98. The summed E-state index contributed by atoms with van der Waals surface area (Å²) in [6.07, 6.45) is 7.37. The van der Waals surface area contributed by atoms with Crippen LogP contribution >= 0.6 is 0 Å². The lowest BCUT2D eigenvalue weighted by Gasteiger charge is -2.22. The molecule has 5 heterocycles. The summed E-state index contributed by atoms with van der Waals surface area (Å²) in [6.45, 7) is 4.31. The van der Waals surface area contributed by atoms with E-state index in [0.717, 1.165) is 59.7 Å². The van der Waals surface area contributed by atoms with Crippen molar-refractivity contribution < 1.29 is 4.39 Å². The molecule has 2 saturated heterocycles. The van der Waals surface area contributed by atoms with E-state index in [0.29, 0.717) is 0 Å². The van der Waals surface area contributed by atoms with Gasteiger partial charge in [0.25, 0.3) is 0 Å². The summed E-state index contributed by atoms with van der Waals surface area (Å²) in [7, 11) is 0. The quantitative estimate of drug-likeness (QED) is 0.488. The van der Waals surface area contributed by atoms with E-state index in [1.54, 1.807) is 24.5 Å². The number of aromatic nitrogens is 4. The van der Waals surface area contributed by atoms with Crippen LogP contribution in [0.4, 0.5) is 10.2 Å². The number of hydrogen-bond acceptors (Lipinski definition) is 5. The number of nitrogens with zero attached hydrogens (tertiary/aromatic N) is 6. The molecule has 2 aliphatic heterocycles. The van der Waals surface area contributed by atoms with E-state index in [1.807, 2.05) is 22.7 Å². The first-order valence-electron chi connectivity index (χ1n) is 11.3. The molecule has 0 radical (unpaired) electrons. The van der Waals surface area contributed by atoms with Crippen molar-refractivity contribution in [2.24, 2.45) is 0 Å². The number of imidazole rings is 1. The van der Waals surface area contributed by atoms with Gasteiger partial charge in [0, 0.05) is 49.2 Å². The Morgan fingerprint density at radius 3 is 2.50 bits per heavy atom. The number of rotatable bonds is 3. The maximum atomic E-state index is 13.6. The Balaban J connectivity index is 1.45. The van der Waals surface area contributed by atoms with Crippen LogP contribution in [0.3, 0.4) is 0 Å². The summed E-state index contributed by atoms with van der Waals surface area (Å²) in [4.78, 5) is 14.1. The molecule has 0 N–H and O–H groups in total. The molecule has 1 unspecified atom stereocenters. The zero-order valence-corrected chi connectivity index (χ0v) is 17.9. The molecule has 162 valence electrons. The lowest BCUT2D eigenvalue weighted by molar-refractivity contribution is 0.268. The number of benzene rings is 1. The smallest absolute Gasteiger partial charge is 0.155 e. The Hall–Kier alpha value is -3.32. The Kier molecular flexibility index (Phi) is 4.83. The molecule has 0 spiro atoms. The third-order valence-electron chi connectivity index (χ3n) is 6.75. The molecule has 1 aromatic carbocycles. The summed E-state index contributed by atoms with van der Waals surface area (Å²) in [5.41, 5.74) is 4.30. The Bertz CT molecular complexity index is 1220. The Morgan fingerprint density at radius 1 is 0.812 bits per heavy atom. The standard InChI is InChI=1S/C25H25FN6/c26-20-5-3-18(4-6-20)24-25(19-9-12-27-13-10-19)32-22(28-24)7-8-23(29-32)31-15-11-21-2-1-14-30(21)16-17-31/h3-10,12-13,21H,1-2,11,14-17H2. The van der Waals surface area contributed by atoms with Crippen LogP contribution in [-0.2, 0) is 0 Å². The SMILES string of the molecule is Fc1ccc(-c2nc3ccc(N4CCC5CCCN5CC4)nn3c2-c2ccncc2)cc1. The highest BCUT2D eigenvalue weighted by Crippen LogP contribution is 2.33. The van der Waals surface area contributed by atoms with E-state index in [4.69, 9.17) is 10.1 Å². The molecule has 4 aromatic rings. The lowest BCUT2D eigenvalue weighted by atomic mass is 10.1.